The van der Waals surface area contributed by atoms with Crippen molar-refractivity contribution in [1.82, 2.24) is 0 Å². The van der Waals surface area contributed by atoms with Crippen LogP contribution >= 0.6 is 0 Å². The van der Waals surface area contributed by atoms with Gasteiger partial charge in [-0.15, -0.1) is 0 Å². The van der Waals surface area contributed by atoms with Crippen LogP contribution in [0.25, 0.3) is 11.1 Å². The predicted octanol–water partition coefficient (Wildman–Crippen LogP) is 4.66. The number of esters is 1. The van der Waals surface area contributed by atoms with Crippen molar-refractivity contribution in [2.45, 2.75) is 13.8 Å². The van der Waals surface area contributed by atoms with Gasteiger partial charge in [0.25, 0.3) is 5.91 Å². The van der Waals surface area contributed by atoms with Gasteiger partial charge >= 0.3 is 5.97 Å². The Hall–Kier alpha value is -3.73. The zero-order chi connectivity index (χ0) is 20.8. The average molecular weight is 387 g/mol. The number of anilines is 1. The van der Waals surface area contributed by atoms with Crippen LogP contribution in [-0.4, -0.2) is 24.3 Å². The fourth-order valence-corrected chi connectivity index (χ4v) is 2.87. The molecular formula is C24H21NO4. The standard InChI is InChI=1S/C24H21NO4/c1-16-10-12-18(13-11-16)21-8-3-4-9-22(21)24(28)29-15-23(27)25-20-7-5-6-19(14-20)17(2)26/h3-14H,15H2,1-2H3,(H,25,27). The van der Waals surface area contributed by atoms with Gasteiger partial charge in [-0.3, -0.25) is 9.59 Å². The van der Waals surface area contributed by atoms with Gasteiger partial charge < -0.3 is 10.1 Å². The molecule has 0 saturated carbocycles. The number of amides is 1. The van der Waals surface area contributed by atoms with Gasteiger partial charge in [-0.25, -0.2) is 4.79 Å². The Balaban J connectivity index is 1.67. The zero-order valence-corrected chi connectivity index (χ0v) is 16.3. The fourth-order valence-electron chi connectivity index (χ4n) is 2.87. The first-order valence-electron chi connectivity index (χ1n) is 9.18. The predicted molar refractivity (Wildman–Crippen MR) is 112 cm³/mol. The van der Waals surface area contributed by atoms with Crippen LogP contribution in [-0.2, 0) is 9.53 Å². The summed E-state index contributed by atoms with van der Waals surface area (Å²) < 4.78 is 5.21. The van der Waals surface area contributed by atoms with E-state index in [1.165, 1.54) is 6.92 Å². The van der Waals surface area contributed by atoms with E-state index in [9.17, 15) is 14.4 Å². The smallest absolute Gasteiger partial charge is 0.339 e. The first kappa shape index (κ1) is 20.0. The molecule has 3 aromatic carbocycles. The highest BCUT2D eigenvalue weighted by Crippen LogP contribution is 2.24. The molecule has 29 heavy (non-hydrogen) atoms. The van der Waals surface area contributed by atoms with Crippen LogP contribution in [0, 0.1) is 6.92 Å². The largest absolute Gasteiger partial charge is 0.452 e. The van der Waals surface area contributed by atoms with Crippen LogP contribution in [0.4, 0.5) is 5.69 Å². The molecule has 0 aliphatic rings. The van der Waals surface area contributed by atoms with Gasteiger partial charge in [0.2, 0.25) is 0 Å². The summed E-state index contributed by atoms with van der Waals surface area (Å²) >= 11 is 0. The topological polar surface area (TPSA) is 72.5 Å². The molecule has 0 unspecified atom stereocenters. The lowest BCUT2D eigenvalue weighted by atomic mass is 9.99. The molecule has 0 spiro atoms. The average Bonchev–Trinajstić information content (AvgIpc) is 2.73. The Morgan fingerprint density at radius 3 is 2.34 bits per heavy atom. The molecular weight excluding hydrogens is 366 g/mol. The summed E-state index contributed by atoms with van der Waals surface area (Å²) in [5.41, 5.74) is 4.12. The van der Waals surface area contributed by atoms with E-state index in [2.05, 4.69) is 5.32 Å². The molecule has 0 heterocycles. The third kappa shape index (κ3) is 5.17. The van der Waals surface area contributed by atoms with Gasteiger partial charge in [0, 0.05) is 11.3 Å². The number of rotatable bonds is 6. The lowest BCUT2D eigenvalue weighted by Gasteiger charge is -2.11. The maximum absolute atomic E-state index is 12.6. The Bertz CT molecular complexity index is 1050. The SMILES string of the molecule is CC(=O)c1cccc(NC(=O)COC(=O)c2ccccc2-c2ccc(C)cc2)c1. The molecule has 0 atom stereocenters. The van der Waals surface area contributed by atoms with Crippen molar-refractivity contribution in [3.63, 3.8) is 0 Å². The third-order valence-corrected chi connectivity index (χ3v) is 4.40. The molecule has 3 aromatic rings. The summed E-state index contributed by atoms with van der Waals surface area (Å²) in [4.78, 5) is 36.1. The monoisotopic (exact) mass is 387 g/mol. The van der Waals surface area contributed by atoms with Crippen molar-refractivity contribution < 1.29 is 19.1 Å². The van der Waals surface area contributed by atoms with E-state index in [0.717, 1.165) is 16.7 Å². The second-order valence-electron chi connectivity index (χ2n) is 6.67. The van der Waals surface area contributed by atoms with Crippen molar-refractivity contribution in [2.75, 3.05) is 11.9 Å². The number of aryl methyl sites for hydroxylation is 1. The summed E-state index contributed by atoms with van der Waals surface area (Å²) in [5.74, 6) is -1.15. The second-order valence-corrected chi connectivity index (χ2v) is 6.67. The lowest BCUT2D eigenvalue weighted by Crippen LogP contribution is -2.21. The molecule has 1 amide bonds. The fraction of sp³-hybridized carbons (Fsp3) is 0.125. The molecule has 0 saturated heterocycles. The molecule has 0 fully saturated rings. The van der Waals surface area contributed by atoms with Gasteiger partial charge in [0.15, 0.2) is 12.4 Å². The van der Waals surface area contributed by atoms with Crippen molar-refractivity contribution in [2.24, 2.45) is 0 Å². The summed E-state index contributed by atoms with van der Waals surface area (Å²) in [6.45, 7) is 3.02. The minimum absolute atomic E-state index is 0.0970. The molecule has 0 aromatic heterocycles. The summed E-state index contributed by atoms with van der Waals surface area (Å²) in [5, 5.41) is 2.63. The molecule has 0 aliphatic carbocycles. The van der Waals surface area contributed by atoms with Gasteiger partial charge in [0.1, 0.15) is 0 Å². The lowest BCUT2D eigenvalue weighted by molar-refractivity contribution is -0.119. The van der Waals surface area contributed by atoms with E-state index in [1.807, 2.05) is 43.3 Å². The molecule has 0 aliphatic heterocycles. The van der Waals surface area contributed by atoms with Crippen LogP contribution in [0.1, 0.15) is 33.2 Å². The molecule has 146 valence electrons. The maximum atomic E-state index is 12.6. The Morgan fingerprint density at radius 2 is 1.62 bits per heavy atom. The third-order valence-electron chi connectivity index (χ3n) is 4.40. The van der Waals surface area contributed by atoms with Gasteiger partial charge in [-0.05, 0) is 43.2 Å². The number of carbonyl (C=O) groups excluding carboxylic acids is 3. The number of ketones is 1. The molecule has 1 N–H and O–H groups in total. The number of hydrogen-bond acceptors (Lipinski definition) is 4. The van der Waals surface area contributed by atoms with Crippen LogP contribution in [0.5, 0.6) is 0 Å². The number of ether oxygens (including phenoxy) is 1. The Morgan fingerprint density at radius 1 is 0.897 bits per heavy atom. The number of benzene rings is 3. The van der Waals surface area contributed by atoms with Crippen molar-refractivity contribution in [3.8, 4) is 11.1 Å². The summed E-state index contributed by atoms with van der Waals surface area (Å²) in [6, 6.07) is 21.5. The summed E-state index contributed by atoms with van der Waals surface area (Å²) in [6.07, 6.45) is 0. The molecule has 0 bridgehead atoms. The van der Waals surface area contributed by atoms with Crippen molar-refractivity contribution >= 4 is 23.3 Å². The number of hydrogen-bond donors (Lipinski definition) is 1. The molecule has 3 rings (SSSR count). The first-order valence-corrected chi connectivity index (χ1v) is 9.18. The quantitative estimate of drug-likeness (QED) is 0.493. The van der Waals surface area contributed by atoms with E-state index in [0.29, 0.717) is 16.8 Å². The number of Topliss-reactive ketones (excluding diaryl/α,β-unsaturated/α-hetero) is 1. The van der Waals surface area contributed by atoms with Gasteiger partial charge in [-0.1, -0.05) is 60.2 Å². The zero-order valence-electron chi connectivity index (χ0n) is 16.3. The second kappa shape index (κ2) is 8.97. The highest BCUT2D eigenvalue weighted by Gasteiger charge is 2.15. The van der Waals surface area contributed by atoms with Crippen LogP contribution in [0.2, 0.25) is 0 Å². The van der Waals surface area contributed by atoms with Crippen LogP contribution < -0.4 is 5.32 Å². The van der Waals surface area contributed by atoms with Gasteiger partial charge in [0.05, 0.1) is 5.56 Å². The maximum Gasteiger partial charge on any atom is 0.339 e. The normalized spacial score (nSPS) is 10.3. The van der Waals surface area contributed by atoms with E-state index in [1.54, 1.807) is 36.4 Å². The minimum Gasteiger partial charge on any atom is -0.452 e. The highest BCUT2D eigenvalue weighted by molar-refractivity contribution is 6.00. The minimum atomic E-state index is -0.575. The van der Waals surface area contributed by atoms with Gasteiger partial charge in [-0.2, -0.15) is 0 Å². The first-order chi connectivity index (χ1) is 13.9. The van der Waals surface area contributed by atoms with E-state index in [-0.39, 0.29) is 5.78 Å². The molecule has 0 radical (unpaired) electrons. The number of nitrogens with one attached hydrogen (secondary N) is 1. The van der Waals surface area contributed by atoms with Crippen LogP contribution in [0.3, 0.4) is 0 Å². The van der Waals surface area contributed by atoms with E-state index in [4.69, 9.17) is 4.74 Å². The molecule has 5 heteroatoms. The van der Waals surface area contributed by atoms with Crippen molar-refractivity contribution in [3.05, 3.63) is 89.5 Å². The van der Waals surface area contributed by atoms with Crippen molar-refractivity contribution in [1.29, 1.82) is 0 Å². The van der Waals surface area contributed by atoms with Crippen LogP contribution in [0.15, 0.2) is 72.8 Å². The van der Waals surface area contributed by atoms with E-state index >= 15 is 0 Å². The van der Waals surface area contributed by atoms with E-state index < -0.39 is 18.5 Å². The highest BCUT2D eigenvalue weighted by atomic mass is 16.5. The Kier molecular flexibility index (Phi) is 6.19. The summed E-state index contributed by atoms with van der Waals surface area (Å²) in [7, 11) is 0. The number of carbonyl (C=O) groups is 3. The Labute approximate surface area is 169 Å². The molecule has 5 nitrogen and oxygen atoms in total.